The summed E-state index contributed by atoms with van der Waals surface area (Å²) in [6, 6.07) is 6.79. The van der Waals surface area contributed by atoms with Gasteiger partial charge in [-0.05, 0) is 31.4 Å². The molecule has 0 saturated carbocycles. The van der Waals surface area contributed by atoms with Crippen molar-refractivity contribution in [2.75, 3.05) is 11.6 Å². The van der Waals surface area contributed by atoms with Crippen LogP contribution in [0.25, 0.3) is 5.76 Å². The number of nitriles is 1. The van der Waals surface area contributed by atoms with Crippen LogP contribution in [0, 0.1) is 18.3 Å². The van der Waals surface area contributed by atoms with E-state index in [4.69, 9.17) is 16.1 Å². The predicted octanol–water partition coefficient (Wildman–Crippen LogP) is 3.79. The number of aromatic nitrogens is 1. The Morgan fingerprint density at radius 2 is 2.26 bits per heavy atom. The van der Waals surface area contributed by atoms with Crippen LogP contribution in [0.3, 0.4) is 0 Å². The van der Waals surface area contributed by atoms with E-state index in [0.717, 1.165) is 4.90 Å². The van der Waals surface area contributed by atoms with Crippen molar-refractivity contribution in [1.82, 2.24) is 5.16 Å². The highest BCUT2D eigenvalue weighted by Gasteiger charge is 2.20. The number of nitrogens with zero attached hydrogens (tertiary/aromatic N) is 2. The molecule has 2 aromatic rings. The van der Waals surface area contributed by atoms with Crippen LogP contribution in [-0.2, 0) is 4.79 Å². The lowest BCUT2D eigenvalue weighted by Gasteiger charge is -2.08. The van der Waals surface area contributed by atoms with Crippen LogP contribution >= 0.6 is 23.4 Å². The molecule has 118 valence electrons. The van der Waals surface area contributed by atoms with Crippen molar-refractivity contribution >= 4 is 40.7 Å². The van der Waals surface area contributed by atoms with Crippen LogP contribution in [0.2, 0.25) is 5.02 Å². The summed E-state index contributed by atoms with van der Waals surface area (Å²) in [4.78, 5) is 13.2. The van der Waals surface area contributed by atoms with Crippen molar-refractivity contribution in [3.63, 3.8) is 0 Å². The van der Waals surface area contributed by atoms with E-state index in [9.17, 15) is 15.2 Å². The Balaban J connectivity index is 2.32. The second kappa shape index (κ2) is 7.22. The Kier molecular flexibility index (Phi) is 5.32. The molecule has 2 rings (SSSR count). The SMILES string of the molecule is CSc1ccc(NC(=O)/C(C#N)=C(\O)c2cnoc2C)c(Cl)c1. The number of aliphatic hydroxyl groups excluding tert-OH is 1. The summed E-state index contributed by atoms with van der Waals surface area (Å²) in [6.45, 7) is 1.56. The number of aliphatic hydroxyl groups is 1. The van der Waals surface area contributed by atoms with Crippen molar-refractivity contribution in [2.24, 2.45) is 0 Å². The minimum atomic E-state index is -0.774. The van der Waals surface area contributed by atoms with Crippen LogP contribution in [-0.4, -0.2) is 22.4 Å². The highest BCUT2D eigenvalue weighted by Crippen LogP contribution is 2.28. The van der Waals surface area contributed by atoms with E-state index in [1.54, 1.807) is 31.2 Å². The Morgan fingerprint density at radius 1 is 1.52 bits per heavy atom. The van der Waals surface area contributed by atoms with E-state index in [2.05, 4.69) is 10.5 Å². The van der Waals surface area contributed by atoms with Gasteiger partial charge in [0.05, 0.1) is 22.5 Å². The maximum Gasteiger partial charge on any atom is 0.270 e. The Morgan fingerprint density at radius 3 is 2.78 bits per heavy atom. The largest absolute Gasteiger partial charge is 0.506 e. The first-order valence-electron chi connectivity index (χ1n) is 6.37. The molecule has 0 aliphatic heterocycles. The van der Waals surface area contributed by atoms with E-state index in [1.807, 2.05) is 6.26 Å². The molecule has 23 heavy (non-hydrogen) atoms. The molecule has 1 amide bonds. The van der Waals surface area contributed by atoms with Crippen LogP contribution in [0.5, 0.6) is 0 Å². The molecule has 2 N–H and O–H groups in total. The molecule has 6 nitrogen and oxygen atoms in total. The Bertz CT molecular complexity index is 824. The number of benzene rings is 1. The van der Waals surface area contributed by atoms with E-state index >= 15 is 0 Å². The van der Waals surface area contributed by atoms with Crippen LogP contribution in [0.1, 0.15) is 11.3 Å². The van der Waals surface area contributed by atoms with Gasteiger partial charge in [0.15, 0.2) is 11.3 Å². The summed E-state index contributed by atoms with van der Waals surface area (Å²) in [5, 5.41) is 25.6. The molecule has 1 heterocycles. The molecule has 0 radical (unpaired) electrons. The number of rotatable bonds is 4. The van der Waals surface area contributed by atoms with Gasteiger partial charge in [-0.15, -0.1) is 11.8 Å². The minimum Gasteiger partial charge on any atom is -0.506 e. The smallest absolute Gasteiger partial charge is 0.270 e. The molecule has 1 aromatic heterocycles. The maximum atomic E-state index is 12.2. The number of carbonyl (C=O) groups excluding carboxylic acids is 1. The summed E-state index contributed by atoms with van der Waals surface area (Å²) in [5.41, 5.74) is 0.0684. The highest BCUT2D eigenvalue weighted by atomic mass is 35.5. The number of hydrogen-bond donors (Lipinski definition) is 2. The first kappa shape index (κ1) is 16.9. The Hall–Kier alpha value is -2.43. The fourth-order valence-corrected chi connectivity index (χ4v) is 2.51. The van der Waals surface area contributed by atoms with Crippen molar-refractivity contribution in [2.45, 2.75) is 11.8 Å². The highest BCUT2D eigenvalue weighted by molar-refractivity contribution is 7.98. The third kappa shape index (κ3) is 3.67. The van der Waals surface area contributed by atoms with E-state index < -0.39 is 17.2 Å². The molecule has 0 fully saturated rings. The molecule has 0 bridgehead atoms. The molecular weight excluding hydrogens is 338 g/mol. The molecule has 1 aromatic carbocycles. The number of anilines is 1. The molecule has 8 heteroatoms. The number of carbonyl (C=O) groups is 1. The zero-order chi connectivity index (χ0) is 17.0. The lowest BCUT2D eigenvalue weighted by molar-refractivity contribution is -0.112. The third-order valence-corrected chi connectivity index (χ3v) is 4.04. The summed E-state index contributed by atoms with van der Waals surface area (Å²) >= 11 is 7.60. The van der Waals surface area contributed by atoms with Crippen molar-refractivity contribution in [3.8, 4) is 6.07 Å². The van der Waals surface area contributed by atoms with Crippen molar-refractivity contribution < 1.29 is 14.4 Å². The van der Waals surface area contributed by atoms with Crippen molar-refractivity contribution in [1.29, 1.82) is 5.26 Å². The average molecular weight is 350 g/mol. The number of halogens is 1. The molecule has 0 saturated heterocycles. The number of hydrogen-bond acceptors (Lipinski definition) is 6. The zero-order valence-electron chi connectivity index (χ0n) is 12.3. The summed E-state index contributed by atoms with van der Waals surface area (Å²) < 4.78 is 4.81. The Labute approximate surface area is 141 Å². The fourth-order valence-electron chi connectivity index (χ4n) is 1.78. The van der Waals surface area contributed by atoms with Crippen LogP contribution in [0.4, 0.5) is 5.69 Å². The van der Waals surface area contributed by atoms with Crippen LogP contribution in [0.15, 0.2) is 39.4 Å². The van der Waals surface area contributed by atoms with Gasteiger partial charge in [-0.1, -0.05) is 16.8 Å². The number of amides is 1. The normalized spacial score (nSPS) is 11.6. The zero-order valence-corrected chi connectivity index (χ0v) is 13.8. The van der Waals surface area contributed by atoms with E-state index in [1.165, 1.54) is 18.0 Å². The van der Waals surface area contributed by atoms with Gasteiger partial charge in [0, 0.05) is 4.90 Å². The first-order chi connectivity index (χ1) is 11.0. The van der Waals surface area contributed by atoms with Gasteiger partial charge in [-0.3, -0.25) is 4.79 Å². The van der Waals surface area contributed by atoms with Gasteiger partial charge in [-0.25, -0.2) is 0 Å². The topological polar surface area (TPSA) is 99.2 Å². The fraction of sp³-hybridized carbons (Fsp3) is 0.133. The lowest BCUT2D eigenvalue weighted by Crippen LogP contribution is -2.15. The second-order valence-corrected chi connectivity index (χ2v) is 5.72. The van der Waals surface area contributed by atoms with Crippen LogP contribution < -0.4 is 5.32 Å². The quantitative estimate of drug-likeness (QED) is 0.377. The van der Waals surface area contributed by atoms with Gasteiger partial charge in [-0.2, -0.15) is 5.26 Å². The number of thioether (sulfide) groups is 1. The van der Waals surface area contributed by atoms with E-state index in [0.29, 0.717) is 16.5 Å². The summed E-state index contributed by atoms with van der Waals surface area (Å²) in [7, 11) is 0. The van der Waals surface area contributed by atoms with Gasteiger partial charge >= 0.3 is 0 Å². The van der Waals surface area contributed by atoms with E-state index in [-0.39, 0.29) is 5.56 Å². The average Bonchev–Trinajstić information content (AvgIpc) is 2.96. The van der Waals surface area contributed by atoms with Gasteiger partial charge in [0.25, 0.3) is 5.91 Å². The molecule has 0 unspecified atom stereocenters. The maximum absolute atomic E-state index is 12.2. The van der Waals surface area contributed by atoms with Gasteiger partial charge < -0.3 is 14.9 Å². The molecule has 0 aliphatic carbocycles. The summed E-state index contributed by atoms with van der Waals surface area (Å²) in [6.07, 6.45) is 3.13. The van der Waals surface area contributed by atoms with Crippen molar-refractivity contribution in [3.05, 3.63) is 46.3 Å². The first-order valence-corrected chi connectivity index (χ1v) is 7.98. The summed E-state index contributed by atoms with van der Waals surface area (Å²) in [5.74, 6) is -0.976. The minimum absolute atomic E-state index is 0.181. The predicted molar refractivity (Wildman–Crippen MR) is 88.3 cm³/mol. The number of nitrogens with one attached hydrogen (secondary N) is 1. The molecule has 0 atom stereocenters. The molecular formula is C15H12ClN3O3S. The third-order valence-electron chi connectivity index (χ3n) is 3.01. The lowest BCUT2D eigenvalue weighted by atomic mass is 10.1. The van der Waals surface area contributed by atoms with Gasteiger partial charge in [0.1, 0.15) is 11.8 Å². The number of aryl methyl sites for hydroxylation is 1. The standard InChI is InChI=1S/C15H12ClN3O3S/c1-8-11(7-18-22-8)14(20)10(6-17)15(21)19-13-4-3-9(23-2)5-12(13)16/h3-5,7,20H,1-2H3,(H,19,21)/b14-10-. The molecule has 0 spiro atoms. The monoisotopic (exact) mass is 349 g/mol. The molecule has 0 aliphatic rings. The second-order valence-electron chi connectivity index (χ2n) is 4.43. The van der Waals surface area contributed by atoms with Gasteiger partial charge in [0.2, 0.25) is 0 Å².